The minimum atomic E-state index is 0.453. The van der Waals surface area contributed by atoms with Crippen molar-refractivity contribution in [2.24, 2.45) is 5.73 Å². The molecule has 0 aliphatic carbocycles. The molecule has 0 radical (unpaired) electrons. The number of aromatic amines is 1. The van der Waals surface area contributed by atoms with E-state index in [1.165, 1.54) is 0 Å². The fourth-order valence-corrected chi connectivity index (χ4v) is 2.57. The van der Waals surface area contributed by atoms with Crippen LogP contribution in [-0.2, 0) is 6.54 Å². The third-order valence-corrected chi connectivity index (χ3v) is 3.46. The molecule has 1 aromatic carbocycles. The number of pyridine rings is 1. The predicted octanol–water partition coefficient (Wildman–Crippen LogP) is 2.57. The molecule has 0 saturated carbocycles. The molecule has 2 heterocycles. The first-order chi connectivity index (χ1) is 8.85. The summed E-state index contributed by atoms with van der Waals surface area (Å²) in [4.78, 5) is 13.1. The van der Waals surface area contributed by atoms with Crippen LogP contribution in [0, 0.1) is 0 Å². The molecule has 2 aromatic heterocycles. The van der Waals surface area contributed by atoms with Crippen LogP contribution in [0.2, 0.25) is 0 Å². The molecule has 3 rings (SSSR count). The number of nitrogens with one attached hydrogen (secondary N) is 1. The van der Waals surface area contributed by atoms with E-state index in [1.807, 2.05) is 36.4 Å². The van der Waals surface area contributed by atoms with E-state index in [0.717, 1.165) is 26.8 Å². The summed E-state index contributed by atoms with van der Waals surface area (Å²) in [6.07, 6.45) is 1.77. The number of rotatable bonds is 3. The van der Waals surface area contributed by atoms with Crippen LogP contribution in [0.5, 0.6) is 0 Å². The van der Waals surface area contributed by atoms with E-state index in [0.29, 0.717) is 6.54 Å². The number of nitrogens with two attached hydrogens (primary N) is 1. The topological polar surface area (TPSA) is 67.6 Å². The average Bonchev–Trinajstić information content (AvgIpc) is 2.81. The number of H-pyrrole nitrogens is 1. The van der Waals surface area contributed by atoms with Crippen LogP contribution in [0.25, 0.3) is 11.0 Å². The summed E-state index contributed by atoms with van der Waals surface area (Å²) in [5.74, 6) is 0. The number of nitrogens with zero attached hydrogens (tertiary/aromatic N) is 2. The summed E-state index contributed by atoms with van der Waals surface area (Å²) in [6.45, 7) is 0.453. The van der Waals surface area contributed by atoms with Gasteiger partial charge in [-0.25, -0.2) is 4.98 Å². The minimum absolute atomic E-state index is 0.453. The van der Waals surface area contributed by atoms with Crippen molar-refractivity contribution in [3.05, 3.63) is 48.3 Å². The number of para-hydroxylation sites is 2. The lowest BCUT2D eigenvalue weighted by atomic mass is 10.3. The summed E-state index contributed by atoms with van der Waals surface area (Å²) in [7, 11) is 0. The largest absolute Gasteiger partial charge is 0.333 e. The first-order valence-corrected chi connectivity index (χ1v) is 6.44. The molecule has 0 aliphatic heterocycles. The van der Waals surface area contributed by atoms with Gasteiger partial charge in [0.25, 0.3) is 0 Å². The Bertz CT molecular complexity index is 644. The molecule has 5 heteroatoms. The second-order valence-corrected chi connectivity index (χ2v) is 4.91. The van der Waals surface area contributed by atoms with E-state index in [2.05, 4.69) is 15.0 Å². The predicted molar refractivity (Wildman–Crippen MR) is 72.3 cm³/mol. The van der Waals surface area contributed by atoms with E-state index < -0.39 is 0 Å². The Morgan fingerprint density at radius 1 is 1.22 bits per heavy atom. The number of hydrogen-bond donors (Lipinski definition) is 2. The molecule has 0 amide bonds. The van der Waals surface area contributed by atoms with Crippen molar-refractivity contribution in [3.63, 3.8) is 0 Å². The van der Waals surface area contributed by atoms with Gasteiger partial charge in [0, 0.05) is 17.6 Å². The van der Waals surface area contributed by atoms with Gasteiger partial charge >= 0.3 is 0 Å². The lowest BCUT2D eigenvalue weighted by Crippen LogP contribution is -1.98. The maximum Gasteiger partial charge on any atom is 0.171 e. The highest BCUT2D eigenvalue weighted by Crippen LogP contribution is 2.27. The SMILES string of the molecule is NCc1cc(Sc2nc3ccccc3[nH]2)ccn1. The molecule has 0 spiro atoms. The zero-order valence-corrected chi connectivity index (χ0v) is 10.4. The Morgan fingerprint density at radius 2 is 2.11 bits per heavy atom. The van der Waals surface area contributed by atoms with Crippen LogP contribution in [0.3, 0.4) is 0 Å². The first-order valence-electron chi connectivity index (χ1n) is 5.63. The van der Waals surface area contributed by atoms with Crippen molar-refractivity contribution in [2.45, 2.75) is 16.6 Å². The molecule has 0 saturated heterocycles. The van der Waals surface area contributed by atoms with Crippen LogP contribution in [-0.4, -0.2) is 15.0 Å². The zero-order chi connectivity index (χ0) is 12.4. The molecular formula is C13H12N4S. The lowest BCUT2D eigenvalue weighted by Gasteiger charge is -1.99. The average molecular weight is 256 g/mol. The standard InChI is InChI=1S/C13H12N4S/c14-8-9-7-10(5-6-15-9)18-13-16-11-3-1-2-4-12(11)17-13/h1-7H,8,14H2,(H,16,17). The highest BCUT2D eigenvalue weighted by Gasteiger charge is 2.04. The smallest absolute Gasteiger partial charge is 0.171 e. The summed E-state index contributed by atoms with van der Waals surface area (Å²) in [5, 5.41) is 0.880. The quantitative estimate of drug-likeness (QED) is 0.755. The van der Waals surface area contributed by atoms with Gasteiger partial charge in [-0.1, -0.05) is 23.9 Å². The Balaban J connectivity index is 1.91. The van der Waals surface area contributed by atoms with Gasteiger partial charge in [0.05, 0.1) is 16.7 Å². The van der Waals surface area contributed by atoms with E-state index in [4.69, 9.17) is 5.73 Å². The van der Waals surface area contributed by atoms with Crippen molar-refractivity contribution in [3.8, 4) is 0 Å². The summed E-state index contributed by atoms with van der Waals surface area (Å²) in [5.41, 5.74) is 8.49. The summed E-state index contributed by atoms with van der Waals surface area (Å²) >= 11 is 1.58. The third kappa shape index (κ3) is 2.23. The number of hydrogen-bond acceptors (Lipinski definition) is 4. The zero-order valence-electron chi connectivity index (χ0n) is 9.63. The summed E-state index contributed by atoms with van der Waals surface area (Å²) in [6, 6.07) is 11.9. The van der Waals surface area contributed by atoms with E-state index in [-0.39, 0.29) is 0 Å². The number of imidazole rings is 1. The first kappa shape index (κ1) is 11.3. The number of fused-ring (bicyclic) bond motifs is 1. The minimum Gasteiger partial charge on any atom is -0.333 e. The van der Waals surface area contributed by atoms with Crippen LogP contribution in [0.15, 0.2) is 52.6 Å². The van der Waals surface area contributed by atoms with Crippen LogP contribution >= 0.6 is 11.8 Å². The Labute approximate surface area is 109 Å². The molecule has 0 aliphatic rings. The normalized spacial score (nSPS) is 10.9. The van der Waals surface area contributed by atoms with Crippen LogP contribution in [0.1, 0.15) is 5.69 Å². The van der Waals surface area contributed by atoms with E-state index in [1.54, 1.807) is 18.0 Å². The molecule has 4 nitrogen and oxygen atoms in total. The molecule has 0 fully saturated rings. The molecule has 0 unspecified atom stereocenters. The molecule has 90 valence electrons. The molecular weight excluding hydrogens is 244 g/mol. The second kappa shape index (κ2) is 4.80. The van der Waals surface area contributed by atoms with Gasteiger partial charge in [-0.05, 0) is 24.3 Å². The van der Waals surface area contributed by atoms with Crippen LogP contribution < -0.4 is 5.73 Å². The van der Waals surface area contributed by atoms with Crippen molar-refractivity contribution < 1.29 is 0 Å². The van der Waals surface area contributed by atoms with Gasteiger partial charge in [0.1, 0.15) is 0 Å². The number of benzene rings is 1. The van der Waals surface area contributed by atoms with Gasteiger partial charge in [-0.15, -0.1) is 0 Å². The molecule has 0 atom stereocenters. The summed E-state index contributed by atoms with van der Waals surface area (Å²) < 4.78 is 0. The Kier molecular flexibility index (Phi) is 3.00. The molecule has 0 bridgehead atoms. The number of aromatic nitrogens is 3. The molecule has 3 aromatic rings. The monoisotopic (exact) mass is 256 g/mol. The molecule has 18 heavy (non-hydrogen) atoms. The van der Waals surface area contributed by atoms with Gasteiger partial charge in [-0.3, -0.25) is 4.98 Å². The van der Waals surface area contributed by atoms with E-state index >= 15 is 0 Å². The van der Waals surface area contributed by atoms with Gasteiger partial charge < -0.3 is 10.7 Å². The van der Waals surface area contributed by atoms with E-state index in [9.17, 15) is 0 Å². The highest BCUT2D eigenvalue weighted by molar-refractivity contribution is 7.99. The van der Waals surface area contributed by atoms with Crippen molar-refractivity contribution in [1.29, 1.82) is 0 Å². The van der Waals surface area contributed by atoms with Gasteiger partial charge in [0.2, 0.25) is 0 Å². The third-order valence-electron chi connectivity index (χ3n) is 2.58. The highest BCUT2D eigenvalue weighted by atomic mass is 32.2. The van der Waals surface area contributed by atoms with Crippen LogP contribution in [0.4, 0.5) is 0 Å². The molecule has 3 N–H and O–H groups in total. The second-order valence-electron chi connectivity index (χ2n) is 3.85. The fraction of sp³-hybridized carbons (Fsp3) is 0.0769. The lowest BCUT2D eigenvalue weighted by molar-refractivity contribution is 0.975. The Hall–Kier alpha value is -1.85. The van der Waals surface area contributed by atoms with Gasteiger partial charge in [-0.2, -0.15) is 0 Å². The maximum absolute atomic E-state index is 5.58. The van der Waals surface area contributed by atoms with Crippen molar-refractivity contribution in [1.82, 2.24) is 15.0 Å². The van der Waals surface area contributed by atoms with Crippen molar-refractivity contribution >= 4 is 22.8 Å². The maximum atomic E-state index is 5.58. The van der Waals surface area contributed by atoms with Crippen molar-refractivity contribution in [2.75, 3.05) is 0 Å². The Morgan fingerprint density at radius 3 is 2.94 bits per heavy atom. The fourth-order valence-electron chi connectivity index (χ4n) is 1.72. The van der Waals surface area contributed by atoms with Gasteiger partial charge in [0.15, 0.2) is 5.16 Å².